The fourth-order valence-corrected chi connectivity index (χ4v) is 1.46. The number of anilines is 1. The molecule has 1 aromatic rings. The number of nitrogens with zero attached hydrogens (tertiary/aromatic N) is 3. The van der Waals surface area contributed by atoms with Gasteiger partial charge in [0.25, 0.3) is 0 Å². The van der Waals surface area contributed by atoms with Crippen molar-refractivity contribution in [1.82, 2.24) is 9.97 Å². The van der Waals surface area contributed by atoms with Crippen molar-refractivity contribution in [3.63, 3.8) is 0 Å². The molecule has 0 amide bonds. The predicted octanol–water partition coefficient (Wildman–Crippen LogP) is 0.702. The lowest BCUT2D eigenvalue weighted by molar-refractivity contribution is 0.0981. The fourth-order valence-electron chi connectivity index (χ4n) is 1.46. The standard InChI is InChI=1S/C9H13N3O/c1-8-7-13-6-5-12(8)9-10-3-2-4-11-9/h2-4,8H,5-7H2,1H3/t8-/m0/s1. The van der Waals surface area contributed by atoms with Crippen LogP contribution in [-0.4, -0.2) is 35.8 Å². The van der Waals surface area contributed by atoms with Gasteiger partial charge in [0, 0.05) is 18.9 Å². The van der Waals surface area contributed by atoms with E-state index in [0.29, 0.717) is 6.04 Å². The third-order valence-electron chi connectivity index (χ3n) is 2.18. The van der Waals surface area contributed by atoms with Crippen LogP contribution in [0.5, 0.6) is 0 Å². The fraction of sp³-hybridized carbons (Fsp3) is 0.556. The average molecular weight is 179 g/mol. The molecule has 1 aromatic heterocycles. The molecule has 0 aromatic carbocycles. The lowest BCUT2D eigenvalue weighted by Gasteiger charge is -2.33. The largest absolute Gasteiger partial charge is 0.377 e. The molecule has 2 heterocycles. The van der Waals surface area contributed by atoms with Crippen molar-refractivity contribution in [2.24, 2.45) is 0 Å². The summed E-state index contributed by atoms with van der Waals surface area (Å²) in [4.78, 5) is 10.6. The molecule has 4 nitrogen and oxygen atoms in total. The van der Waals surface area contributed by atoms with E-state index < -0.39 is 0 Å². The SMILES string of the molecule is C[C@H]1COCCN1c1ncccn1. The molecule has 1 aliphatic rings. The number of ether oxygens (including phenoxy) is 1. The molecular formula is C9H13N3O. The van der Waals surface area contributed by atoms with E-state index in [1.807, 2.05) is 6.07 Å². The molecule has 1 saturated heterocycles. The van der Waals surface area contributed by atoms with Crippen LogP contribution in [-0.2, 0) is 4.74 Å². The van der Waals surface area contributed by atoms with Gasteiger partial charge in [-0.2, -0.15) is 0 Å². The van der Waals surface area contributed by atoms with Gasteiger partial charge in [-0.15, -0.1) is 0 Å². The first-order valence-electron chi connectivity index (χ1n) is 4.49. The van der Waals surface area contributed by atoms with Crippen molar-refractivity contribution in [2.45, 2.75) is 13.0 Å². The third kappa shape index (κ3) is 1.78. The van der Waals surface area contributed by atoms with Crippen molar-refractivity contribution in [3.05, 3.63) is 18.5 Å². The Morgan fingerprint density at radius 3 is 2.92 bits per heavy atom. The van der Waals surface area contributed by atoms with Crippen molar-refractivity contribution in [1.29, 1.82) is 0 Å². The van der Waals surface area contributed by atoms with E-state index in [1.165, 1.54) is 0 Å². The summed E-state index contributed by atoms with van der Waals surface area (Å²) in [5.74, 6) is 0.804. The summed E-state index contributed by atoms with van der Waals surface area (Å²) in [7, 11) is 0. The van der Waals surface area contributed by atoms with Gasteiger partial charge in [0.15, 0.2) is 0 Å². The van der Waals surface area contributed by atoms with E-state index in [9.17, 15) is 0 Å². The first-order chi connectivity index (χ1) is 6.38. The second kappa shape index (κ2) is 3.70. The quantitative estimate of drug-likeness (QED) is 0.636. The van der Waals surface area contributed by atoms with E-state index >= 15 is 0 Å². The van der Waals surface area contributed by atoms with Crippen LogP contribution in [0.15, 0.2) is 18.5 Å². The highest BCUT2D eigenvalue weighted by atomic mass is 16.5. The van der Waals surface area contributed by atoms with Gasteiger partial charge in [0.2, 0.25) is 5.95 Å². The number of hydrogen-bond acceptors (Lipinski definition) is 4. The predicted molar refractivity (Wildman–Crippen MR) is 49.7 cm³/mol. The van der Waals surface area contributed by atoms with E-state index in [1.54, 1.807) is 12.4 Å². The van der Waals surface area contributed by atoms with Crippen LogP contribution < -0.4 is 4.90 Å². The molecule has 0 spiro atoms. The first-order valence-corrected chi connectivity index (χ1v) is 4.49. The number of rotatable bonds is 1. The molecule has 0 aliphatic carbocycles. The Bertz CT molecular complexity index is 265. The second-order valence-electron chi connectivity index (χ2n) is 3.17. The molecule has 4 heteroatoms. The maximum absolute atomic E-state index is 5.34. The topological polar surface area (TPSA) is 38.2 Å². The maximum atomic E-state index is 5.34. The van der Waals surface area contributed by atoms with Crippen LogP contribution in [0.2, 0.25) is 0 Å². The Labute approximate surface area is 77.6 Å². The molecule has 0 bridgehead atoms. The van der Waals surface area contributed by atoms with Crippen LogP contribution in [0.1, 0.15) is 6.92 Å². The molecule has 13 heavy (non-hydrogen) atoms. The molecule has 2 rings (SSSR count). The minimum absolute atomic E-state index is 0.371. The summed E-state index contributed by atoms with van der Waals surface area (Å²) in [6.07, 6.45) is 3.54. The van der Waals surface area contributed by atoms with E-state index in [4.69, 9.17) is 4.74 Å². The van der Waals surface area contributed by atoms with Gasteiger partial charge in [-0.3, -0.25) is 0 Å². The molecule has 1 atom stereocenters. The Morgan fingerprint density at radius 1 is 1.46 bits per heavy atom. The van der Waals surface area contributed by atoms with Crippen LogP contribution in [0.3, 0.4) is 0 Å². The first kappa shape index (κ1) is 8.44. The van der Waals surface area contributed by atoms with Crippen LogP contribution in [0.4, 0.5) is 5.95 Å². The van der Waals surface area contributed by atoms with Crippen LogP contribution >= 0.6 is 0 Å². The molecule has 0 saturated carbocycles. The molecule has 70 valence electrons. The highest BCUT2D eigenvalue weighted by molar-refractivity contribution is 5.30. The monoisotopic (exact) mass is 179 g/mol. The lowest BCUT2D eigenvalue weighted by atomic mass is 10.3. The number of hydrogen-bond donors (Lipinski definition) is 0. The van der Waals surface area contributed by atoms with Gasteiger partial charge in [-0.1, -0.05) is 0 Å². The molecular weight excluding hydrogens is 166 g/mol. The van der Waals surface area contributed by atoms with Crippen molar-refractivity contribution < 1.29 is 4.74 Å². The highest BCUT2D eigenvalue weighted by Crippen LogP contribution is 2.12. The molecule has 1 fully saturated rings. The van der Waals surface area contributed by atoms with Gasteiger partial charge >= 0.3 is 0 Å². The Kier molecular flexibility index (Phi) is 2.40. The highest BCUT2D eigenvalue weighted by Gasteiger charge is 2.20. The summed E-state index contributed by atoms with van der Waals surface area (Å²) in [5, 5.41) is 0. The van der Waals surface area contributed by atoms with E-state index in [0.717, 1.165) is 25.7 Å². The maximum Gasteiger partial charge on any atom is 0.225 e. The van der Waals surface area contributed by atoms with Gasteiger partial charge in [0.1, 0.15) is 0 Å². The van der Waals surface area contributed by atoms with Gasteiger partial charge in [-0.25, -0.2) is 9.97 Å². The smallest absolute Gasteiger partial charge is 0.225 e. The van der Waals surface area contributed by atoms with Gasteiger partial charge in [0.05, 0.1) is 19.3 Å². The van der Waals surface area contributed by atoms with Crippen molar-refractivity contribution >= 4 is 5.95 Å². The van der Waals surface area contributed by atoms with E-state index in [-0.39, 0.29) is 0 Å². The third-order valence-corrected chi connectivity index (χ3v) is 2.18. The number of aromatic nitrogens is 2. The zero-order valence-corrected chi connectivity index (χ0v) is 7.68. The lowest BCUT2D eigenvalue weighted by Crippen LogP contribution is -2.44. The van der Waals surface area contributed by atoms with Gasteiger partial charge in [-0.05, 0) is 13.0 Å². The zero-order chi connectivity index (χ0) is 9.10. The molecule has 0 unspecified atom stereocenters. The Morgan fingerprint density at radius 2 is 2.23 bits per heavy atom. The summed E-state index contributed by atoms with van der Waals surface area (Å²) in [5.41, 5.74) is 0. The molecule has 0 N–H and O–H groups in total. The Balaban J connectivity index is 2.15. The van der Waals surface area contributed by atoms with Crippen molar-refractivity contribution in [2.75, 3.05) is 24.7 Å². The van der Waals surface area contributed by atoms with Crippen LogP contribution in [0, 0.1) is 0 Å². The normalized spacial score (nSPS) is 23.2. The second-order valence-corrected chi connectivity index (χ2v) is 3.17. The molecule has 0 radical (unpaired) electrons. The van der Waals surface area contributed by atoms with Gasteiger partial charge < -0.3 is 9.64 Å². The summed E-state index contributed by atoms with van der Waals surface area (Å²) in [6.45, 7) is 4.53. The minimum Gasteiger partial charge on any atom is -0.377 e. The summed E-state index contributed by atoms with van der Waals surface area (Å²) < 4.78 is 5.34. The zero-order valence-electron chi connectivity index (χ0n) is 7.68. The average Bonchev–Trinajstić information content (AvgIpc) is 2.20. The van der Waals surface area contributed by atoms with Crippen molar-refractivity contribution in [3.8, 4) is 0 Å². The summed E-state index contributed by atoms with van der Waals surface area (Å²) in [6, 6.07) is 2.20. The van der Waals surface area contributed by atoms with E-state index in [2.05, 4.69) is 21.8 Å². The summed E-state index contributed by atoms with van der Waals surface area (Å²) >= 11 is 0. The number of morpholine rings is 1. The molecule has 1 aliphatic heterocycles. The Hall–Kier alpha value is -1.16. The minimum atomic E-state index is 0.371. The van der Waals surface area contributed by atoms with Crippen LogP contribution in [0.25, 0.3) is 0 Å².